The Labute approximate surface area is 150 Å². The van der Waals surface area contributed by atoms with Crippen LogP contribution in [0.1, 0.15) is 18.0 Å². The van der Waals surface area contributed by atoms with Crippen molar-refractivity contribution >= 4 is 23.3 Å². The van der Waals surface area contributed by atoms with Crippen LogP contribution in [0.15, 0.2) is 60.8 Å². The van der Waals surface area contributed by atoms with Crippen LogP contribution in [-0.2, 0) is 9.59 Å². The predicted molar refractivity (Wildman–Crippen MR) is 99.8 cm³/mol. The number of benzene rings is 2. The van der Waals surface area contributed by atoms with Crippen LogP contribution in [0, 0.1) is 6.92 Å². The molecule has 6 heteroatoms. The Morgan fingerprint density at radius 3 is 2.62 bits per heavy atom. The summed E-state index contributed by atoms with van der Waals surface area (Å²) < 4.78 is 1.60. The number of nitrogens with one attached hydrogen (secondary N) is 2. The molecule has 0 saturated carbocycles. The van der Waals surface area contributed by atoms with Gasteiger partial charge in [0, 0.05) is 11.3 Å². The molecule has 0 radical (unpaired) electrons. The summed E-state index contributed by atoms with van der Waals surface area (Å²) >= 11 is 0. The van der Waals surface area contributed by atoms with Crippen molar-refractivity contribution in [2.24, 2.45) is 0 Å². The van der Waals surface area contributed by atoms with Gasteiger partial charge >= 0.3 is 0 Å². The van der Waals surface area contributed by atoms with E-state index < -0.39 is 6.04 Å². The fraction of sp³-hybridized carbons (Fsp3) is 0.150. The summed E-state index contributed by atoms with van der Waals surface area (Å²) in [6.45, 7) is 1.98. The predicted octanol–water partition coefficient (Wildman–Crippen LogP) is 3.38. The van der Waals surface area contributed by atoms with E-state index >= 15 is 0 Å². The standard InChI is InChI=1S/C20H18N4O2/c1-13-7-9-15(10-8-13)22-18(25)11-17-20(26)23-19-16(12-21-24(17)19)14-5-3-2-4-6-14/h2-10,12,17H,11H2,1H3,(H,22,25)(H,23,26)/t17-/m0/s1. The van der Waals surface area contributed by atoms with Crippen molar-refractivity contribution in [3.63, 3.8) is 0 Å². The van der Waals surface area contributed by atoms with E-state index in [0.717, 1.165) is 16.7 Å². The molecule has 130 valence electrons. The van der Waals surface area contributed by atoms with Gasteiger partial charge < -0.3 is 10.6 Å². The minimum absolute atomic E-state index is 0.0304. The molecular formula is C20H18N4O2. The lowest BCUT2D eigenvalue weighted by Crippen LogP contribution is -2.23. The SMILES string of the molecule is Cc1ccc(NC(=O)C[C@H]2C(=O)Nc3c(-c4ccccc4)cnn32)cc1. The Kier molecular flexibility index (Phi) is 4.01. The molecule has 2 aromatic carbocycles. The van der Waals surface area contributed by atoms with Crippen LogP contribution in [-0.4, -0.2) is 21.6 Å². The lowest BCUT2D eigenvalue weighted by atomic mass is 10.1. The highest BCUT2D eigenvalue weighted by Gasteiger charge is 2.35. The molecule has 4 rings (SSSR count). The average molecular weight is 346 g/mol. The Morgan fingerprint density at radius 2 is 1.88 bits per heavy atom. The molecule has 2 amide bonds. The largest absolute Gasteiger partial charge is 0.326 e. The molecule has 0 fully saturated rings. The Bertz CT molecular complexity index is 961. The minimum atomic E-state index is -0.645. The zero-order chi connectivity index (χ0) is 18.1. The zero-order valence-electron chi connectivity index (χ0n) is 14.3. The van der Waals surface area contributed by atoms with Crippen LogP contribution in [0.25, 0.3) is 11.1 Å². The van der Waals surface area contributed by atoms with Crippen LogP contribution in [0.2, 0.25) is 0 Å². The molecule has 2 heterocycles. The third-order valence-corrected chi connectivity index (χ3v) is 4.43. The van der Waals surface area contributed by atoms with E-state index in [-0.39, 0.29) is 18.2 Å². The maximum atomic E-state index is 12.4. The lowest BCUT2D eigenvalue weighted by molar-refractivity contribution is -0.123. The monoisotopic (exact) mass is 346 g/mol. The summed E-state index contributed by atoms with van der Waals surface area (Å²) in [4.78, 5) is 24.7. The molecule has 0 aliphatic carbocycles. The Hall–Kier alpha value is -3.41. The highest BCUT2D eigenvalue weighted by atomic mass is 16.2. The highest BCUT2D eigenvalue weighted by Crippen LogP contribution is 2.35. The maximum Gasteiger partial charge on any atom is 0.251 e. The number of carbonyl (C=O) groups excluding carboxylic acids is 2. The third kappa shape index (κ3) is 2.97. The van der Waals surface area contributed by atoms with Crippen LogP contribution >= 0.6 is 0 Å². The second-order valence-electron chi connectivity index (χ2n) is 6.34. The van der Waals surface area contributed by atoms with E-state index in [2.05, 4.69) is 15.7 Å². The van der Waals surface area contributed by atoms with Gasteiger partial charge in [0.25, 0.3) is 5.91 Å². The molecule has 1 aliphatic heterocycles. The van der Waals surface area contributed by atoms with Crippen molar-refractivity contribution in [2.75, 3.05) is 10.6 Å². The maximum absolute atomic E-state index is 12.4. The summed E-state index contributed by atoms with van der Waals surface area (Å²) in [5.41, 5.74) is 3.65. The van der Waals surface area contributed by atoms with Crippen molar-refractivity contribution < 1.29 is 9.59 Å². The van der Waals surface area contributed by atoms with E-state index in [1.165, 1.54) is 0 Å². The quantitative estimate of drug-likeness (QED) is 0.760. The van der Waals surface area contributed by atoms with Gasteiger partial charge in [-0.15, -0.1) is 0 Å². The minimum Gasteiger partial charge on any atom is -0.326 e. The second-order valence-corrected chi connectivity index (χ2v) is 6.34. The number of hydrogen-bond acceptors (Lipinski definition) is 3. The molecule has 1 atom stereocenters. The van der Waals surface area contributed by atoms with Crippen molar-refractivity contribution in [2.45, 2.75) is 19.4 Å². The van der Waals surface area contributed by atoms with Crippen molar-refractivity contribution in [1.82, 2.24) is 9.78 Å². The summed E-state index contributed by atoms with van der Waals surface area (Å²) in [5, 5.41) is 10.0. The van der Waals surface area contributed by atoms with Gasteiger partial charge in [-0.3, -0.25) is 9.59 Å². The fourth-order valence-electron chi connectivity index (χ4n) is 3.07. The number of fused-ring (bicyclic) bond motifs is 1. The first-order valence-electron chi connectivity index (χ1n) is 8.42. The van der Waals surface area contributed by atoms with Crippen LogP contribution in [0.3, 0.4) is 0 Å². The van der Waals surface area contributed by atoms with Gasteiger partial charge in [0.15, 0.2) is 0 Å². The smallest absolute Gasteiger partial charge is 0.251 e. The molecule has 0 spiro atoms. The third-order valence-electron chi connectivity index (χ3n) is 4.43. The van der Waals surface area contributed by atoms with Gasteiger partial charge in [0.05, 0.1) is 12.6 Å². The molecule has 26 heavy (non-hydrogen) atoms. The first-order chi connectivity index (χ1) is 12.6. The van der Waals surface area contributed by atoms with Gasteiger partial charge in [-0.05, 0) is 24.6 Å². The molecule has 3 aromatic rings. The van der Waals surface area contributed by atoms with E-state index in [1.807, 2.05) is 61.5 Å². The summed E-state index contributed by atoms with van der Waals surface area (Å²) in [6, 6.07) is 16.6. The van der Waals surface area contributed by atoms with Gasteiger partial charge in [-0.25, -0.2) is 4.68 Å². The highest BCUT2D eigenvalue weighted by molar-refractivity contribution is 6.04. The molecule has 2 N–H and O–H groups in total. The first kappa shape index (κ1) is 16.1. The number of carbonyl (C=O) groups is 2. The van der Waals surface area contributed by atoms with E-state index in [0.29, 0.717) is 11.5 Å². The number of anilines is 2. The number of aromatic nitrogens is 2. The number of aryl methyl sites for hydroxylation is 1. The summed E-state index contributed by atoms with van der Waals surface area (Å²) in [5.74, 6) is 0.192. The van der Waals surface area contributed by atoms with Crippen LogP contribution in [0.4, 0.5) is 11.5 Å². The van der Waals surface area contributed by atoms with Gasteiger partial charge in [-0.1, -0.05) is 48.0 Å². The van der Waals surface area contributed by atoms with Gasteiger partial charge in [0.1, 0.15) is 11.9 Å². The molecule has 0 unspecified atom stereocenters. The fourth-order valence-corrected chi connectivity index (χ4v) is 3.07. The number of nitrogens with zero attached hydrogens (tertiary/aromatic N) is 2. The summed E-state index contributed by atoms with van der Waals surface area (Å²) in [7, 11) is 0. The topological polar surface area (TPSA) is 76.0 Å². The Morgan fingerprint density at radius 1 is 1.15 bits per heavy atom. The molecule has 6 nitrogen and oxygen atoms in total. The molecule has 1 aromatic heterocycles. The van der Waals surface area contributed by atoms with Crippen LogP contribution < -0.4 is 10.6 Å². The average Bonchev–Trinajstić information content (AvgIpc) is 3.18. The molecule has 0 saturated heterocycles. The Balaban J connectivity index is 1.52. The normalized spacial score (nSPS) is 15.4. The molecule has 1 aliphatic rings. The van der Waals surface area contributed by atoms with Gasteiger partial charge in [0.2, 0.25) is 5.91 Å². The van der Waals surface area contributed by atoms with E-state index in [1.54, 1.807) is 10.9 Å². The summed E-state index contributed by atoms with van der Waals surface area (Å²) in [6.07, 6.45) is 1.75. The number of rotatable bonds is 4. The molecule has 0 bridgehead atoms. The lowest BCUT2D eigenvalue weighted by Gasteiger charge is -2.10. The van der Waals surface area contributed by atoms with E-state index in [4.69, 9.17) is 0 Å². The number of amides is 2. The second kappa shape index (κ2) is 6.48. The zero-order valence-corrected chi connectivity index (χ0v) is 14.3. The van der Waals surface area contributed by atoms with Crippen molar-refractivity contribution in [1.29, 1.82) is 0 Å². The van der Waals surface area contributed by atoms with Crippen molar-refractivity contribution in [3.05, 3.63) is 66.4 Å². The van der Waals surface area contributed by atoms with E-state index in [9.17, 15) is 9.59 Å². The van der Waals surface area contributed by atoms with Crippen LogP contribution in [0.5, 0.6) is 0 Å². The van der Waals surface area contributed by atoms with Gasteiger partial charge in [-0.2, -0.15) is 5.10 Å². The first-order valence-corrected chi connectivity index (χ1v) is 8.42. The number of hydrogen-bond donors (Lipinski definition) is 2. The molecular weight excluding hydrogens is 328 g/mol. The van der Waals surface area contributed by atoms with Crippen molar-refractivity contribution in [3.8, 4) is 11.1 Å².